The minimum Gasteiger partial charge on any atom is -0.440 e. The number of oxazole rings is 1. The third-order valence-electron chi connectivity index (χ3n) is 5.10. The van der Waals surface area contributed by atoms with Gasteiger partial charge in [0.1, 0.15) is 5.92 Å². The van der Waals surface area contributed by atoms with E-state index in [0.29, 0.717) is 21.7 Å². The van der Waals surface area contributed by atoms with Gasteiger partial charge >= 0.3 is 0 Å². The van der Waals surface area contributed by atoms with Gasteiger partial charge in [-0.1, -0.05) is 59.6 Å². The van der Waals surface area contributed by atoms with Crippen LogP contribution in [0.1, 0.15) is 30.3 Å². The monoisotopic (exact) mass is 422 g/mol. The fourth-order valence-electron chi connectivity index (χ4n) is 3.74. The lowest BCUT2D eigenvalue weighted by Crippen LogP contribution is -2.28. The molecule has 5 nitrogen and oxygen atoms in total. The number of nitrogens with zero attached hydrogens (tertiary/aromatic N) is 4. The van der Waals surface area contributed by atoms with Crippen LogP contribution in [0.2, 0.25) is 10.0 Å². The van der Waals surface area contributed by atoms with E-state index in [1.165, 1.54) is 0 Å². The van der Waals surface area contributed by atoms with Crippen molar-refractivity contribution in [1.82, 2.24) is 14.8 Å². The van der Waals surface area contributed by atoms with E-state index in [1.807, 2.05) is 60.1 Å². The number of halogens is 2. The Kier molecular flexibility index (Phi) is 4.49. The molecule has 0 amide bonds. The molecule has 0 bridgehead atoms. The number of aliphatic imine (C=N–C) groups is 1. The molecule has 7 heteroatoms. The minimum absolute atomic E-state index is 0.199. The molecule has 0 aliphatic carbocycles. The minimum atomic E-state index is -0.225. The van der Waals surface area contributed by atoms with Crippen LogP contribution in [0.15, 0.2) is 76.4 Å². The van der Waals surface area contributed by atoms with Crippen LogP contribution in [0.3, 0.4) is 0 Å². The van der Waals surface area contributed by atoms with E-state index in [1.54, 1.807) is 18.5 Å². The second-order valence-corrected chi connectivity index (χ2v) is 7.73. The highest BCUT2D eigenvalue weighted by atomic mass is 35.5. The highest BCUT2D eigenvalue weighted by Gasteiger charge is 2.37. The van der Waals surface area contributed by atoms with Gasteiger partial charge in [0.05, 0.1) is 28.5 Å². The van der Waals surface area contributed by atoms with Gasteiger partial charge in [0.2, 0.25) is 5.89 Å². The molecule has 144 valence electrons. The fourth-order valence-corrected chi connectivity index (χ4v) is 4.05. The summed E-state index contributed by atoms with van der Waals surface area (Å²) in [4.78, 5) is 9.31. The lowest BCUT2D eigenvalue weighted by Gasteiger charge is -2.30. The summed E-state index contributed by atoms with van der Waals surface area (Å²) in [5.74, 6) is 1.86. The van der Waals surface area contributed by atoms with E-state index < -0.39 is 0 Å². The van der Waals surface area contributed by atoms with Crippen LogP contribution in [0.4, 0.5) is 5.82 Å². The highest BCUT2D eigenvalue weighted by molar-refractivity contribution is 6.42. The Morgan fingerprint density at radius 2 is 1.83 bits per heavy atom. The van der Waals surface area contributed by atoms with Gasteiger partial charge in [-0.05, 0) is 24.6 Å². The van der Waals surface area contributed by atoms with Gasteiger partial charge in [0, 0.05) is 17.3 Å². The first-order valence-corrected chi connectivity index (χ1v) is 9.92. The van der Waals surface area contributed by atoms with Crippen molar-refractivity contribution in [2.75, 3.05) is 0 Å². The maximum Gasteiger partial charge on any atom is 0.206 e. The molecule has 0 saturated heterocycles. The van der Waals surface area contributed by atoms with Gasteiger partial charge in [-0.25, -0.2) is 14.7 Å². The summed E-state index contributed by atoms with van der Waals surface area (Å²) in [7, 11) is 0. The number of rotatable bonds is 3. The van der Waals surface area contributed by atoms with Crippen LogP contribution in [0.25, 0.3) is 11.3 Å². The number of benzene rings is 2. The Balaban J connectivity index is 1.64. The second kappa shape index (κ2) is 7.17. The normalized spacial score (nSPS) is 18.4. The molecule has 5 rings (SSSR count). The zero-order chi connectivity index (χ0) is 20.0. The Morgan fingerprint density at radius 3 is 2.62 bits per heavy atom. The molecular formula is C22H16Cl2N4O. The van der Waals surface area contributed by atoms with Gasteiger partial charge in [-0.2, -0.15) is 5.10 Å². The van der Waals surface area contributed by atoms with Crippen LogP contribution < -0.4 is 0 Å². The van der Waals surface area contributed by atoms with E-state index in [4.69, 9.17) is 32.6 Å². The summed E-state index contributed by atoms with van der Waals surface area (Å²) < 4.78 is 8.06. The van der Waals surface area contributed by atoms with Gasteiger partial charge < -0.3 is 4.42 Å². The van der Waals surface area contributed by atoms with Crippen molar-refractivity contribution >= 4 is 34.7 Å². The molecule has 0 saturated carbocycles. The first-order chi connectivity index (χ1) is 14.1. The summed E-state index contributed by atoms with van der Waals surface area (Å²) in [5, 5.41) is 5.51. The smallest absolute Gasteiger partial charge is 0.206 e. The molecule has 0 radical (unpaired) electrons. The third-order valence-corrected chi connectivity index (χ3v) is 5.84. The Hall–Kier alpha value is -2.89. The molecule has 0 N–H and O–H groups in total. The predicted molar refractivity (Wildman–Crippen MR) is 114 cm³/mol. The van der Waals surface area contributed by atoms with E-state index in [-0.39, 0.29) is 12.0 Å². The maximum atomic E-state index is 6.32. The van der Waals surface area contributed by atoms with Crippen molar-refractivity contribution in [3.63, 3.8) is 0 Å². The maximum absolute atomic E-state index is 6.32. The van der Waals surface area contributed by atoms with Gasteiger partial charge in [0.25, 0.3) is 0 Å². The van der Waals surface area contributed by atoms with Gasteiger partial charge in [-0.3, -0.25) is 0 Å². The summed E-state index contributed by atoms with van der Waals surface area (Å²) >= 11 is 12.5. The Labute approximate surface area is 177 Å². The Morgan fingerprint density at radius 1 is 1.00 bits per heavy atom. The number of hydrogen-bond acceptors (Lipinski definition) is 4. The number of hydrogen-bond donors (Lipinski definition) is 0. The topological polar surface area (TPSA) is 56.2 Å². The highest BCUT2D eigenvalue weighted by Crippen LogP contribution is 2.43. The molecule has 1 aliphatic rings. The molecular weight excluding hydrogens is 407 g/mol. The van der Waals surface area contributed by atoms with Crippen LogP contribution in [-0.4, -0.2) is 20.5 Å². The summed E-state index contributed by atoms with van der Waals surface area (Å²) in [6.07, 6.45) is 3.49. The molecule has 2 unspecified atom stereocenters. The Bertz CT molecular complexity index is 1210. The van der Waals surface area contributed by atoms with E-state index in [2.05, 4.69) is 10.1 Å². The molecule has 0 spiro atoms. The van der Waals surface area contributed by atoms with Crippen LogP contribution in [0, 0.1) is 0 Å². The first-order valence-electron chi connectivity index (χ1n) is 9.16. The average Bonchev–Trinajstić information content (AvgIpc) is 3.39. The van der Waals surface area contributed by atoms with Crippen LogP contribution >= 0.6 is 23.2 Å². The zero-order valence-electron chi connectivity index (χ0n) is 15.5. The van der Waals surface area contributed by atoms with E-state index >= 15 is 0 Å². The average molecular weight is 423 g/mol. The lowest BCUT2D eigenvalue weighted by atomic mass is 9.88. The number of aromatic nitrogens is 3. The summed E-state index contributed by atoms with van der Waals surface area (Å²) in [6, 6.07) is 17.2. The van der Waals surface area contributed by atoms with Crippen molar-refractivity contribution < 1.29 is 4.42 Å². The van der Waals surface area contributed by atoms with Gasteiger partial charge in [-0.15, -0.1) is 0 Å². The van der Waals surface area contributed by atoms with Crippen molar-refractivity contribution in [2.45, 2.75) is 18.9 Å². The molecule has 4 aromatic rings. The lowest BCUT2D eigenvalue weighted by molar-refractivity contribution is 0.410. The SMILES string of the molecule is CC1=Nc2ccnn2C(c2ccc(Cl)c(Cl)c2)C1c1ncc(-c2ccccc2)o1. The molecule has 1 aliphatic heterocycles. The fraction of sp³-hybridized carbons (Fsp3) is 0.136. The molecule has 2 aromatic carbocycles. The molecule has 2 aromatic heterocycles. The van der Waals surface area contributed by atoms with Gasteiger partial charge in [0.15, 0.2) is 11.6 Å². The largest absolute Gasteiger partial charge is 0.440 e. The number of fused-ring (bicyclic) bond motifs is 1. The van der Waals surface area contributed by atoms with Crippen LogP contribution in [0.5, 0.6) is 0 Å². The first kappa shape index (κ1) is 18.2. The quantitative estimate of drug-likeness (QED) is 0.387. The van der Waals surface area contributed by atoms with E-state index in [9.17, 15) is 0 Å². The standard InChI is InChI=1S/C22H16Cl2N4O/c1-13-20(22-25-12-18(29-22)14-5-3-2-4-6-14)21(28-19(27-13)9-10-26-28)15-7-8-16(23)17(24)11-15/h2-12,20-21H,1H3. The third kappa shape index (κ3) is 3.16. The van der Waals surface area contributed by atoms with Crippen molar-refractivity contribution in [1.29, 1.82) is 0 Å². The predicted octanol–water partition coefficient (Wildman–Crippen LogP) is 6.32. The van der Waals surface area contributed by atoms with E-state index in [0.717, 1.165) is 22.7 Å². The summed E-state index contributed by atoms with van der Waals surface area (Å²) in [5.41, 5.74) is 2.83. The molecule has 2 atom stereocenters. The second-order valence-electron chi connectivity index (χ2n) is 6.91. The van der Waals surface area contributed by atoms with Crippen LogP contribution in [-0.2, 0) is 0 Å². The zero-order valence-corrected chi connectivity index (χ0v) is 17.0. The molecule has 0 fully saturated rings. The van der Waals surface area contributed by atoms with Crippen molar-refractivity contribution in [3.05, 3.63) is 88.5 Å². The van der Waals surface area contributed by atoms with Crippen molar-refractivity contribution in [3.8, 4) is 11.3 Å². The molecule has 29 heavy (non-hydrogen) atoms. The summed E-state index contributed by atoms with van der Waals surface area (Å²) in [6.45, 7) is 1.98. The molecule has 3 heterocycles. The van der Waals surface area contributed by atoms with Crippen molar-refractivity contribution in [2.24, 2.45) is 4.99 Å².